The van der Waals surface area contributed by atoms with Crippen LogP contribution in [0, 0.1) is 0 Å². The molecular weight excluding hydrogens is 563 g/mol. The molecule has 0 aliphatic heterocycles. The molecule has 0 heterocycles. The summed E-state index contributed by atoms with van der Waals surface area (Å²) in [6.07, 6.45) is 4.64. The highest BCUT2D eigenvalue weighted by atomic mass is 79.9. The normalized spacial score (nSPS) is 15.0. The SMILES string of the molecule is CC[C@@H](C(=O)NC1CCCC1)N(Cc1ccc(Cl)cc1Cl)C(=O)COc1ccc(C(C)(C)C)cc1Br. The standard InChI is InChI=1S/C28H35BrCl2N2O3/c1-5-24(27(35)32-21-8-6-7-9-21)33(16-18-10-12-20(30)15-23(18)31)26(34)17-36-25-13-11-19(14-22(25)29)28(2,3)4/h10-15,21,24H,5-9,16-17H2,1-4H3,(H,32,35)/t24-/m0/s1. The van der Waals surface area contributed by atoms with Crippen molar-refractivity contribution in [2.45, 2.75) is 83.8 Å². The van der Waals surface area contributed by atoms with Crippen molar-refractivity contribution >= 4 is 50.9 Å². The van der Waals surface area contributed by atoms with E-state index in [1.807, 2.05) is 25.1 Å². The summed E-state index contributed by atoms with van der Waals surface area (Å²) < 4.78 is 6.70. The van der Waals surface area contributed by atoms with Crippen LogP contribution in [0.5, 0.6) is 5.75 Å². The van der Waals surface area contributed by atoms with E-state index in [1.165, 1.54) is 0 Å². The Hall–Kier alpha value is -1.76. The molecular formula is C28H35BrCl2N2O3. The van der Waals surface area contributed by atoms with Gasteiger partial charge in [-0.3, -0.25) is 9.59 Å². The largest absolute Gasteiger partial charge is 0.483 e. The number of hydrogen-bond donors (Lipinski definition) is 1. The summed E-state index contributed by atoms with van der Waals surface area (Å²) in [4.78, 5) is 28.3. The summed E-state index contributed by atoms with van der Waals surface area (Å²) >= 11 is 16.1. The van der Waals surface area contributed by atoms with Crippen LogP contribution in [-0.4, -0.2) is 35.4 Å². The Kier molecular flexibility index (Phi) is 10.1. The molecule has 1 atom stereocenters. The van der Waals surface area contributed by atoms with Crippen LogP contribution in [0.2, 0.25) is 10.0 Å². The first-order valence-electron chi connectivity index (χ1n) is 12.5. The van der Waals surface area contributed by atoms with Crippen molar-refractivity contribution < 1.29 is 14.3 Å². The summed E-state index contributed by atoms with van der Waals surface area (Å²) in [5.74, 6) is 0.143. The predicted molar refractivity (Wildman–Crippen MR) is 150 cm³/mol. The van der Waals surface area contributed by atoms with E-state index in [-0.39, 0.29) is 36.4 Å². The zero-order valence-corrected chi connectivity index (χ0v) is 24.5. The molecule has 36 heavy (non-hydrogen) atoms. The van der Waals surface area contributed by atoms with Gasteiger partial charge in [-0.25, -0.2) is 0 Å². The smallest absolute Gasteiger partial charge is 0.261 e. The van der Waals surface area contributed by atoms with Crippen LogP contribution >= 0.6 is 39.1 Å². The van der Waals surface area contributed by atoms with Crippen molar-refractivity contribution in [3.8, 4) is 5.75 Å². The zero-order valence-electron chi connectivity index (χ0n) is 21.4. The van der Waals surface area contributed by atoms with Crippen LogP contribution in [0.3, 0.4) is 0 Å². The van der Waals surface area contributed by atoms with E-state index in [9.17, 15) is 9.59 Å². The highest BCUT2D eigenvalue weighted by Gasteiger charge is 2.31. The Balaban J connectivity index is 1.80. The Bertz CT molecular complexity index is 1080. The van der Waals surface area contributed by atoms with Gasteiger partial charge in [-0.05, 0) is 76.0 Å². The molecule has 0 unspecified atom stereocenters. The van der Waals surface area contributed by atoms with Crippen LogP contribution in [0.25, 0.3) is 0 Å². The summed E-state index contributed by atoms with van der Waals surface area (Å²) in [5, 5.41) is 4.11. The molecule has 1 N–H and O–H groups in total. The Labute approximate surface area is 233 Å². The second-order valence-electron chi connectivity index (χ2n) is 10.4. The first-order valence-corrected chi connectivity index (χ1v) is 14.0. The lowest BCUT2D eigenvalue weighted by molar-refractivity contribution is -0.143. The summed E-state index contributed by atoms with van der Waals surface area (Å²) in [5.41, 5.74) is 1.87. The Morgan fingerprint density at radius 1 is 1.14 bits per heavy atom. The van der Waals surface area contributed by atoms with Gasteiger partial charge in [0.15, 0.2) is 6.61 Å². The van der Waals surface area contributed by atoms with E-state index in [2.05, 4.69) is 42.0 Å². The fourth-order valence-electron chi connectivity index (χ4n) is 4.43. The molecule has 1 aliphatic rings. The van der Waals surface area contributed by atoms with Crippen molar-refractivity contribution in [3.05, 3.63) is 62.0 Å². The minimum absolute atomic E-state index is 0.00740. The van der Waals surface area contributed by atoms with E-state index in [4.69, 9.17) is 27.9 Å². The summed E-state index contributed by atoms with van der Waals surface area (Å²) in [6.45, 7) is 8.30. The summed E-state index contributed by atoms with van der Waals surface area (Å²) in [7, 11) is 0. The number of halogens is 3. The molecule has 1 fully saturated rings. The molecule has 0 radical (unpaired) electrons. The molecule has 3 rings (SSSR count). The van der Waals surface area contributed by atoms with E-state index in [1.54, 1.807) is 23.1 Å². The number of hydrogen-bond acceptors (Lipinski definition) is 3. The molecule has 8 heteroatoms. The van der Waals surface area contributed by atoms with Crippen molar-refractivity contribution in [1.82, 2.24) is 10.2 Å². The topological polar surface area (TPSA) is 58.6 Å². The van der Waals surface area contributed by atoms with Gasteiger partial charge in [-0.2, -0.15) is 0 Å². The average molecular weight is 598 g/mol. The maximum atomic E-state index is 13.5. The lowest BCUT2D eigenvalue weighted by atomic mass is 9.87. The van der Waals surface area contributed by atoms with E-state index in [0.29, 0.717) is 22.2 Å². The monoisotopic (exact) mass is 596 g/mol. The molecule has 2 aromatic rings. The van der Waals surface area contributed by atoms with Crippen LogP contribution in [-0.2, 0) is 21.5 Å². The number of carbonyl (C=O) groups is 2. The molecule has 2 aromatic carbocycles. The van der Waals surface area contributed by atoms with Crippen LogP contribution in [0.1, 0.15) is 70.9 Å². The highest BCUT2D eigenvalue weighted by molar-refractivity contribution is 9.10. The van der Waals surface area contributed by atoms with Crippen molar-refractivity contribution in [2.24, 2.45) is 0 Å². The van der Waals surface area contributed by atoms with Gasteiger partial charge in [0.2, 0.25) is 5.91 Å². The third-order valence-corrected chi connectivity index (χ3v) is 7.80. The number of rotatable bonds is 9. The first-order chi connectivity index (χ1) is 17.0. The number of benzene rings is 2. The zero-order chi connectivity index (χ0) is 26.5. The fraction of sp³-hybridized carbons (Fsp3) is 0.500. The second-order valence-corrected chi connectivity index (χ2v) is 12.1. The molecule has 1 aliphatic carbocycles. The molecule has 2 amide bonds. The maximum absolute atomic E-state index is 13.5. The molecule has 0 spiro atoms. The van der Waals surface area contributed by atoms with Crippen molar-refractivity contribution in [2.75, 3.05) is 6.61 Å². The van der Waals surface area contributed by atoms with Crippen LogP contribution < -0.4 is 10.1 Å². The van der Waals surface area contributed by atoms with Crippen LogP contribution in [0.15, 0.2) is 40.9 Å². The maximum Gasteiger partial charge on any atom is 0.261 e. The first kappa shape index (κ1) is 28.8. The summed E-state index contributed by atoms with van der Waals surface area (Å²) in [6, 6.07) is 10.6. The number of amides is 2. The van der Waals surface area contributed by atoms with E-state index < -0.39 is 6.04 Å². The van der Waals surface area contributed by atoms with Crippen LogP contribution in [0.4, 0.5) is 0 Å². The average Bonchev–Trinajstić information content (AvgIpc) is 3.31. The van der Waals surface area contributed by atoms with Gasteiger partial charge in [-0.15, -0.1) is 0 Å². The lowest BCUT2D eigenvalue weighted by Crippen LogP contribution is -2.52. The minimum atomic E-state index is -0.639. The molecule has 0 saturated heterocycles. The number of ether oxygens (including phenoxy) is 1. The van der Waals surface area contributed by atoms with Gasteiger partial charge < -0.3 is 15.0 Å². The number of nitrogens with one attached hydrogen (secondary N) is 1. The molecule has 196 valence electrons. The van der Waals surface area contributed by atoms with Gasteiger partial charge in [-0.1, -0.05) is 75.9 Å². The van der Waals surface area contributed by atoms with Crippen molar-refractivity contribution in [1.29, 1.82) is 0 Å². The van der Waals surface area contributed by atoms with E-state index in [0.717, 1.165) is 41.3 Å². The second kappa shape index (κ2) is 12.7. The third-order valence-electron chi connectivity index (χ3n) is 6.59. The van der Waals surface area contributed by atoms with Gasteiger partial charge in [0, 0.05) is 22.6 Å². The van der Waals surface area contributed by atoms with Crippen molar-refractivity contribution in [3.63, 3.8) is 0 Å². The van der Waals surface area contributed by atoms with Gasteiger partial charge >= 0.3 is 0 Å². The fourth-order valence-corrected chi connectivity index (χ4v) is 5.39. The number of carbonyl (C=O) groups excluding carboxylic acids is 2. The predicted octanol–water partition coefficient (Wildman–Crippen LogP) is 7.30. The molecule has 0 aromatic heterocycles. The third kappa shape index (κ3) is 7.62. The highest BCUT2D eigenvalue weighted by Crippen LogP contribution is 2.32. The molecule has 5 nitrogen and oxygen atoms in total. The Morgan fingerprint density at radius 3 is 2.42 bits per heavy atom. The number of nitrogens with zero attached hydrogens (tertiary/aromatic N) is 1. The van der Waals surface area contributed by atoms with E-state index >= 15 is 0 Å². The van der Waals surface area contributed by atoms with Gasteiger partial charge in [0.05, 0.1) is 4.47 Å². The van der Waals surface area contributed by atoms with Gasteiger partial charge in [0.25, 0.3) is 5.91 Å². The molecule has 1 saturated carbocycles. The Morgan fingerprint density at radius 2 is 1.83 bits per heavy atom. The lowest BCUT2D eigenvalue weighted by Gasteiger charge is -2.31. The van der Waals surface area contributed by atoms with Gasteiger partial charge in [0.1, 0.15) is 11.8 Å². The quantitative estimate of drug-likeness (QED) is 0.330. The minimum Gasteiger partial charge on any atom is -0.483 e. The molecule has 0 bridgehead atoms.